The summed E-state index contributed by atoms with van der Waals surface area (Å²) in [6.07, 6.45) is 1.85. The minimum Gasteiger partial charge on any atom is -0.349 e. The third-order valence-corrected chi connectivity index (χ3v) is 6.76. The van der Waals surface area contributed by atoms with Crippen molar-refractivity contribution in [2.45, 2.75) is 66.0 Å². The molecule has 0 spiro atoms. The molecule has 4 nitrogen and oxygen atoms in total. The van der Waals surface area contributed by atoms with Gasteiger partial charge in [0, 0.05) is 17.8 Å². The van der Waals surface area contributed by atoms with Crippen LogP contribution in [0.3, 0.4) is 0 Å². The number of hydrogen-bond acceptors (Lipinski definition) is 4. The first-order valence-corrected chi connectivity index (χ1v) is 11.7. The Bertz CT molecular complexity index is 789. The quantitative estimate of drug-likeness (QED) is 0.670. The van der Waals surface area contributed by atoms with E-state index < -0.39 is 0 Å². The zero-order chi connectivity index (χ0) is 21.0. The highest BCUT2D eigenvalue weighted by Gasteiger charge is 2.28. The number of aryl methyl sites for hydroxylation is 1. The van der Waals surface area contributed by atoms with E-state index in [1.807, 2.05) is 6.92 Å². The van der Waals surface area contributed by atoms with E-state index in [9.17, 15) is 4.79 Å². The van der Waals surface area contributed by atoms with E-state index in [1.54, 1.807) is 11.3 Å². The van der Waals surface area contributed by atoms with E-state index in [4.69, 9.17) is 0 Å². The van der Waals surface area contributed by atoms with Crippen LogP contribution in [-0.4, -0.2) is 28.9 Å². The number of benzene rings is 1. The molecule has 1 N–H and O–H groups in total. The molecular formula is C24H35N3OS. The lowest BCUT2D eigenvalue weighted by atomic mass is 9.91. The van der Waals surface area contributed by atoms with Gasteiger partial charge in [-0.25, -0.2) is 4.98 Å². The molecule has 1 amide bonds. The van der Waals surface area contributed by atoms with Crippen LogP contribution in [-0.2, 0) is 11.3 Å². The normalized spacial score (nSPS) is 17.1. The third-order valence-electron chi connectivity index (χ3n) is 5.94. The molecule has 1 aromatic carbocycles. The molecule has 1 unspecified atom stereocenters. The number of amides is 1. The van der Waals surface area contributed by atoms with Gasteiger partial charge in [0.25, 0.3) is 0 Å². The number of carbonyl (C=O) groups excluding carboxylic acids is 1. The number of rotatable bonds is 7. The predicted molar refractivity (Wildman–Crippen MR) is 121 cm³/mol. The fourth-order valence-corrected chi connectivity index (χ4v) is 4.66. The SMILES string of the molecule is Cc1nc(CN2CCC(C(=O)NC(c3ccc(C(C)C)cc3)C(C)C)CC2)cs1. The largest absolute Gasteiger partial charge is 0.349 e. The van der Waals surface area contributed by atoms with Crippen LogP contribution in [0.4, 0.5) is 0 Å². The van der Waals surface area contributed by atoms with Gasteiger partial charge in [-0.1, -0.05) is 52.0 Å². The third kappa shape index (κ3) is 5.89. The smallest absolute Gasteiger partial charge is 0.223 e. The Labute approximate surface area is 179 Å². The maximum atomic E-state index is 13.0. The summed E-state index contributed by atoms with van der Waals surface area (Å²) < 4.78 is 0. The van der Waals surface area contributed by atoms with Crippen LogP contribution < -0.4 is 5.32 Å². The van der Waals surface area contributed by atoms with E-state index in [-0.39, 0.29) is 17.9 Å². The first-order valence-electron chi connectivity index (χ1n) is 10.9. The van der Waals surface area contributed by atoms with Gasteiger partial charge in [-0.15, -0.1) is 11.3 Å². The average Bonchev–Trinajstić information content (AvgIpc) is 3.11. The molecule has 2 aromatic rings. The van der Waals surface area contributed by atoms with Crippen molar-refractivity contribution in [3.63, 3.8) is 0 Å². The Kier molecular flexibility index (Phi) is 7.47. The highest BCUT2D eigenvalue weighted by molar-refractivity contribution is 7.09. The second-order valence-corrected chi connectivity index (χ2v) is 10.0. The molecule has 2 heterocycles. The van der Waals surface area contributed by atoms with Crippen LogP contribution in [0.2, 0.25) is 0 Å². The summed E-state index contributed by atoms with van der Waals surface area (Å²) in [5.74, 6) is 1.20. The Hall–Kier alpha value is -1.72. The Balaban J connectivity index is 1.55. The summed E-state index contributed by atoms with van der Waals surface area (Å²) in [4.78, 5) is 20.0. The van der Waals surface area contributed by atoms with Crippen molar-refractivity contribution in [1.29, 1.82) is 0 Å². The Morgan fingerprint density at radius 2 is 1.76 bits per heavy atom. The summed E-state index contributed by atoms with van der Waals surface area (Å²) in [5.41, 5.74) is 3.69. The second kappa shape index (κ2) is 9.86. The number of aromatic nitrogens is 1. The molecule has 0 saturated carbocycles. The van der Waals surface area contributed by atoms with Crippen LogP contribution in [0.1, 0.15) is 74.3 Å². The minimum atomic E-state index is 0.0692. The fourth-order valence-electron chi connectivity index (χ4n) is 4.06. The zero-order valence-electron chi connectivity index (χ0n) is 18.4. The van der Waals surface area contributed by atoms with Gasteiger partial charge in [-0.05, 0) is 55.8 Å². The van der Waals surface area contributed by atoms with Crippen molar-refractivity contribution in [3.8, 4) is 0 Å². The topological polar surface area (TPSA) is 45.2 Å². The molecule has 1 aromatic heterocycles. The molecule has 0 radical (unpaired) electrons. The molecular weight excluding hydrogens is 378 g/mol. The highest BCUT2D eigenvalue weighted by atomic mass is 32.1. The molecule has 3 rings (SSSR count). The van der Waals surface area contributed by atoms with Crippen molar-refractivity contribution in [2.24, 2.45) is 11.8 Å². The number of hydrogen-bond donors (Lipinski definition) is 1. The zero-order valence-corrected chi connectivity index (χ0v) is 19.3. The van der Waals surface area contributed by atoms with Gasteiger partial charge in [0.2, 0.25) is 5.91 Å². The number of thiazole rings is 1. The molecule has 0 bridgehead atoms. The van der Waals surface area contributed by atoms with Gasteiger partial charge in [-0.2, -0.15) is 0 Å². The molecule has 158 valence electrons. The average molecular weight is 414 g/mol. The molecule has 1 saturated heterocycles. The summed E-state index contributed by atoms with van der Waals surface area (Å²) in [7, 11) is 0. The number of likely N-dealkylation sites (tertiary alicyclic amines) is 1. The standard InChI is InChI=1S/C24H35N3OS/c1-16(2)19-6-8-20(9-7-19)23(17(3)4)26-24(28)21-10-12-27(13-11-21)14-22-15-29-18(5)25-22/h6-9,15-17,21,23H,10-14H2,1-5H3,(H,26,28). The second-order valence-electron chi connectivity index (χ2n) is 8.96. The molecule has 1 atom stereocenters. The summed E-state index contributed by atoms with van der Waals surface area (Å²) in [6, 6.07) is 8.82. The van der Waals surface area contributed by atoms with Crippen molar-refractivity contribution < 1.29 is 4.79 Å². The van der Waals surface area contributed by atoms with Gasteiger partial charge in [-0.3, -0.25) is 9.69 Å². The van der Waals surface area contributed by atoms with Crippen molar-refractivity contribution in [3.05, 3.63) is 51.5 Å². The number of nitrogens with one attached hydrogen (secondary N) is 1. The van der Waals surface area contributed by atoms with Gasteiger partial charge in [0.15, 0.2) is 0 Å². The van der Waals surface area contributed by atoms with E-state index in [2.05, 4.69) is 72.5 Å². The van der Waals surface area contributed by atoms with Crippen LogP contribution >= 0.6 is 11.3 Å². The van der Waals surface area contributed by atoms with Crippen molar-refractivity contribution >= 4 is 17.2 Å². The number of nitrogens with zero attached hydrogens (tertiary/aromatic N) is 2. The van der Waals surface area contributed by atoms with E-state index in [1.165, 1.54) is 11.1 Å². The molecule has 1 fully saturated rings. The lowest BCUT2D eigenvalue weighted by molar-refractivity contribution is -0.127. The monoisotopic (exact) mass is 413 g/mol. The highest BCUT2D eigenvalue weighted by Crippen LogP contribution is 2.26. The fraction of sp³-hybridized carbons (Fsp3) is 0.583. The molecule has 5 heteroatoms. The van der Waals surface area contributed by atoms with Gasteiger partial charge in [0.05, 0.1) is 16.7 Å². The van der Waals surface area contributed by atoms with Gasteiger partial charge >= 0.3 is 0 Å². The van der Waals surface area contributed by atoms with Gasteiger partial charge in [0.1, 0.15) is 0 Å². The summed E-state index contributed by atoms with van der Waals surface area (Å²) in [6.45, 7) is 13.6. The van der Waals surface area contributed by atoms with Crippen LogP contribution in [0.5, 0.6) is 0 Å². The minimum absolute atomic E-state index is 0.0692. The summed E-state index contributed by atoms with van der Waals surface area (Å²) >= 11 is 1.71. The molecule has 0 aliphatic carbocycles. The lowest BCUT2D eigenvalue weighted by Crippen LogP contribution is -2.42. The molecule has 1 aliphatic heterocycles. The maximum absolute atomic E-state index is 13.0. The van der Waals surface area contributed by atoms with Gasteiger partial charge < -0.3 is 5.32 Å². The van der Waals surface area contributed by atoms with Crippen molar-refractivity contribution in [1.82, 2.24) is 15.2 Å². The molecule has 1 aliphatic rings. The number of carbonyl (C=O) groups is 1. The first-order chi connectivity index (χ1) is 13.8. The van der Waals surface area contributed by atoms with Crippen LogP contribution in [0, 0.1) is 18.8 Å². The van der Waals surface area contributed by atoms with Crippen LogP contribution in [0.15, 0.2) is 29.6 Å². The maximum Gasteiger partial charge on any atom is 0.223 e. The summed E-state index contributed by atoms with van der Waals surface area (Å²) in [5, 5.41) is 6.62. The van der Waals surface area contributed by atoms with E-state index in [0.29, 0.717) is 11.8 Å². The Morgan fingerprint density at radius 1 is 1.14 bits per heavy atom. The number of piperidine rings is 1. The van der Waals surface area contributed by atoms with Crippen LogP contribution in [0.25, 0.3) is 0 Å². The van der Waals surface area contributed by atoms with E-state index in [0.717, 1.165) is 43.2 Å². The molecule has 29 heavy (non-hydrogen) atoms. The van der Waals surface area contributed by atoms with Crippen molar-refractivity contribution in [2.75, 3.05) is 13.1 Å². The van der Waals surface area contributed by atoms with E-state index >= 15 is 0 Å². The first kappa shape index (κ1) is 22.0. The lowest BCUT2D eigenvalue weighted by Gasteiger charge is -2.32. The predicted octanol–water partition coefficient (Wildman–Crippen LogP) is 5.30. The Morgan fingerprint density at radius 3 is 2.28 bits per heavy atom.